The first-order valence-electron chi connectivity index (χ1n) is 21.5. The van der Waals surface area contributed by atoms with Crippen molar-refractivity contribution in [3.63, 3.8) is 0 Å². The molecule has 0 aromatic heterocycles. The normalized spacial score (nSPS) is 21.2. The van der Waals surface area contributed by atoms with E-state index in [-0.39, 0.29) is 36.5 Å². The van der Waals surface area contributed by atoms with Gasteiger partial charge in [0.1, 0.15) is 59.6 Å². The van der Waals surface area contributed by atoms with E-state index in [1.165, 1.54) is 69.3 Å². The summed E-state index contributed by atoms with van der Waals surface area (Å²) in [6, 6.07) is 3.29. The number of ether oxygens (including phenoxy) is 1. The van der Waals surface area contributed by atoms with Gasteiger partial charge in [0.15, 0.2) is 0 Å². The van der Waals surface area contributed by atoms with Crippen LogP contribution in [-0.2, 0) is 60.7 Å². The number of carbonyl (C=O) groups excluding carboxylic acids is 8. The number of carboxylic acid groups (broad SMARTS) is 1. The zero-order valence-electron chi connectivity index (χ0n) is 38.1. The summed E-state index contributed by atoms with van der Waals surface area (Å²) in [7, 11) is 0. The molecule has 20 heteroatoms. The van der Waals surface area contributed by atoms with Gasteiger partial charge in [0.05, 0.1) is 0 Å². The van der Waals surface area contributed by atoms with Crippen LogP contribution in [0.1, 0.15) is 85.3 Å². The van der Waals surface area contributed by atoms with E-state index >= 15 is 0 Å². The fourth-order valence-electron chi connectivity index (χ4n) is 6.65. The molecule has 0 radical (unpaired) electrons. The molecule has 1 aliphatic rings. The lowest BCUT2D eigenvalue weighted by atomic mass is 10.00. The zero-order valence-corrected chi connectivity index (χ0v) is 38.1. The fraction of sp³-hybridized carbons (Fsp3) is 0.457. The third-order valence-corrected chi connectivity index (χ3v) is 10.3. The van der Waals surface area contributed by atoms with Crippen LogP contribution in [-0.4, -0.2) is 111 Å². The second-order valence-electron chi connectivity index (χ2n) is 16.5. The van der Waals surface area contributed by atoms with Crippen LogP contribution in [0.4, 0.5) is 0 Å². The number of allylic oxidation sites excluding steroid dienone is 2. The molecule has 0 unspecified atom stereocenters. The zero-order chi connectivity index (χ0) is 49.2. The largest absolute Gasteiger partial charge is 0.508 e. The van der Waals surface area contributed by atoms with E-state index in [1.807, 2.05) is 0 Å². The number of cyclic esters (lactones) is 1. The summed E-state index contributed by atoms with van der Waals surface area (Å²) in [4.78, 5) is 121. The smallest absolute Gasteiger partial charge is 0.328 e. The minimum absolute atomic E-state index is 0.0359. The first-order chi connectivity index (χ1) is 31.1. The predicted octanol–water partition coefficient (Wildman–Crippen LogP) is 1.04. The van der Waals surface area contributed by atoms with Crippen molar-refractivity contribution in [1.29, 1.82) is 0 Å². The molecule has 0 bridgehead atoms. The maximum absolute atomic E-state index is 14.4. The number of aliphatic carboxylic acids is 1. The van der Waals surface area contributed by atoms with E-state index in [4.69, 9.17) is 4.74 Å². The molecule has 0 saturated carbocycles. The summed E-state index contributed by atoms with van der Waals surface area (Å²) >= 11 is 0. The highest BCUT2D eigenvalue weighted by molar-refractivity contribution is 6.02. The van der Waals surface area contributed by atoms with Crippen molar-refractivity contribution in [3.8, 4) is 11.5 Å². The van der Waals surface area contributed by atoms with E-state index in [0.29, 0.717) is 17.6 Å². The molecule has 2 aromatic rings. The third kappa shape index (κ3) is 17.0. The van der Waals surface area contributed by atoms with E-state index in [2.05, 4.69) is 37.2 Å². The lowest BCUT2D eigenvalue weighted by molar-refractivity contribution is -0.156. The van der Waals surface area contributed by atoms with Gasteiger partial charge in [-0.2, -0.15) is 0 Å². The Morgan fingerprint density at radius 1 is 0.773 bits per heavy atom. The predicted molar refractivity (Wildman–Crippen MR) is 239 cm³/mol. The Labute approximate surface area is 382 Å². The van der Waals surface area contributed by atoms with Gasteiger partial charge >= 0.3 is 11.9 Å². The minimum atomic E-state index is -1.77. The number of aromatic hydroxyl groups is 2. The quantitative estimate of drug-likeness (QED) is 0.0833. The SMILES string of the molecule is C/C=C1/NC(=O)[C@H](C)NC(=O)[C@@H](NC(=O)[C@H](Cc2ccc(O)cc2)NC(=O)[C@@H](NC(=O)C=C(C)C)C(C)C)[C@@H](C)OC(=O)[C@H](CCCc2ccc(O)cc2)NC(=O)[C@@H](CCC(=O)O)NC1=O. The van der Waals surface area contributed by atoms with Crippen molar-refractivity contribution < 1.29 is 63.2 Å². The Bertz CT molecular complexity index is 2150. The Morgan fingerprint density at radius 2 is 1.38 bits per heavy atom. The Hall–Kier alpha value is -7.25. The number of nitrogens with one attached hydrogen (secondary N) is 7. The van der Waals surface area contributed by atoms with Crippen molar-refractivity contribution in [1.82, 2.24) is 37.2 Å². The molecule has 358 valence electrons. The van der Waals surface area contributed by atoms with Crippen LogP contribution in [0.3, 0.4) is 0 Å². The monoisotopic (exact) mass is 919 g/mol. The molecule has 7 atom stereocenters. The Kier molecular flexibility index (Phi) is 20.3. The lowest BCUT2D eigenvalue weighted by Crippen LogP contribution is -2.62. The van der Waals surface area contributed by atoms with Crippen LogP contribution in [0.15, 0.2) is 72.0 Å². The van der Waals surface area contributed by atoms with E-state index in [9.17, 15) is 58.5 Å². The van der Waals surface area contributed by atoms with Crippen LogP contribution in [0, 0.1) is 5.92 Å². The van der Waals surface area contributed by atoms with Crippen LogP contribution < -0.4 is 37.2 Å². The summed E-state index contributed by atoms with van der Waals surface area (Å²) in [6.45, 7) is 10.7. The number of hydrogen-bond acceptors (Lipinski definition) is 12. The van der Waals surface area contributed by atoms with Gasteiger partial charge in [-0.25, -0.2) is 4.79 Å². The number of phenols is 2. The lowest BCUT2D eigenvalue weighted by Gasteiger charge is -2.30. The second-order valence-corrected chi connectivity index (χ2v) is 16.5. The number of phenolic OH excluding ortho intramolecular Hbond substituents is 2. The number of rotatable bonds is 16. The fourth-order valence-corrected chi connectivity index (χ4v) is 6.65. The molecule has 1 fully saturated rings. The number of hydrogen-bond donors (Lipinski definition) is 10. The number of carboxylic acids is 1. The molecule has 20 nitrogen and oxygen atoms in total. The highest BCUT2D eigenvalue weighted by Crippen LogP contribution is 2.16. The van der Waals surface area contributed by atoms with E-state index < -0.39 is 114 Å². The summed E-state index contributed by atoms with van der Waals surface area (Å²) in [5, 5.41) is 46.7. The maximum Gasteiger partial charge on any atom is 0.328 e. The van der Waals surface area contributed by atoms with Gasteiger partial charge in [-0.3, -0.25) is 38.4 Å². The Morgan fingerprint density at radius 3 is 1.94 bits per heavy atom. The average molecular weight is 920 g/mol. The highest BCUT2D eigenvalue weighted by atomic mass is 16.5. The molecule has 0 aliphatic carbocycles. The van der Waals surface area contributed by atoms with Gasteiger partial charge in [-0.05, 0) is 102 Å². The molecule has 1 heterocycles. The molecule has 1 saturated heterocycles. The first-order valence-corrected chi connectivity index (χ1v) is 21.5. The van der Waals surface area contributed by atoms with Crippen LogP contribution >= 0.6 is 0 Å². The van der Waals surface area contributed by atoms with Crippen LogP contribution in [0.25, 0.3) is 0 Å². The number of amides is 7. The molecule has 3 rings (SSSR count). The summed E-state index contributed by atoms with van der Waals surface area (Å²) in [5.41, 5.74) is 1.56. The molecule has 7 amide bonds. The maximum atomic E-state index is 14.4. The summed E-state index contributed by atoms with van der Waals surface area (Å²) < 4.78 is 5.78. The molecule has 1 aliphatic heterocycles. The third-order valence-electron chi connectivity index (χ3n) is 10.3. The molecular weight excluding hydrogens is 859 g/mol. The topological polar surface area (TPSA) is 308 Å². The average Bonchev–Trinajstić information content (AvgIpc) is 3.24. The van der Waals surface area contributed by atoms with Crippen molar-refractivity contribution in [3.05, 3.63) is 83.1 Å². The van der Waals surface area contributed by atoms with Gasteiger partial charge in [0.25, 0.3) is 5.91 Å². The molecule has 66 heavy (non-hydrogen) atoms. The van der Waals surface area contributed by atoms with Crippen molar-refractivity contribution >= 4 is 53.3 Å². The highest BCUT2D eigenvalue weighted by Gasteiger charge is 2.38. The summed E-state index contributed by atoms with van der Waals surface area (Å²) in [6.07, 6.45) is 0.354. The van der Waals surface area contributed by atoms with Crippen LogP contribution in [0.2, 0.25) is 0 Å². The van der Waals surface area contributed by atoms with Gasteiger partial charge in [-0.1, -0.05) is 49.8 Å². The van der Waals surface area contributed by atoms with Crippen molar-refractivity contribution in [2.45, 2.75) is 129 Å². The first kappa shape index (κ1) is 53.1. The van der Waals surface area contributed by atoms with Crippen molar-refractivity contribution in [2.75, 3.05) is 0 Å². The van der Waals surface area contributed by atoms with Gasteiger partial charge in [-0.15, -0.1) is 0 Å². The number of benzene rings is 2. The van der Waals surface area contributed by atoms with E-state index in [0.717, 1.165) is 5.56 Å². The molecule has 0 spiro atoms. The number of carbonyl (C=O) groups is 9. The molecule has 10 N–H and O–H groups in total. The van der Waals surface area contributed by atoms with Gasteiger partial charge in [0, 0.05) is 18.9 Å². The Balaban J connectivity index is 2.07. The van der Waals surface area contributed by atoms with Crippen molar-refractivity contribution in [2.24, 2.45) is 5.92 Å². The minimum Gasteiger partial charge on any atom is -0.508 e. The second kappa shape index (κ2) is 25.3. The number of aryl methyl sites for hydroxylation is 1. The summed E-state index contributed by atoms with van der Waals surface area (Å²) in [5.74, 6) is -9.00. The van der Waals surface area contributed by atoms with Gasteiger partial charge < -0.3 is 57.3 Å². The van der Waals surface area contributed by atoms with Gasteiger partial charge in [0.2, 0.25) is 35.4 Å². The van der Waals surface area contributed by atoms with E-state index in [1.54, 1.807) is 39.8 Å². The molecular formula is C46H61N7O13. The standard InChI is InChI=1S/C46H61N7O13/c1-8-32-41(60)49-33(20-21-37(57)58)42(61)50-34(11-9-10-28-12-16-30(54)17-13-28)46(65)66-27(7)39(45(64)47-26(6)40(59)48-32)53-43(62)35(23-29-14-18-31(55)19-15-29)51-44(63)38(25(4)5)52-36(56)22-24(2)3/h8,12-19,22,25-27,33-35,38-39,54-55H,9-11,20-21,23H2,1-7H3,(H,47,64)(H,48,59)(H,49,60)(H,50,61)(H,51,63)(H,52,56)(H,53,62)(H,57,58)/b32-8+/t26-,27+,33+,34-,35-,38-,39-/m0/s1. The number of esters is 1. The van der Waals surface area contributed by atoms with Crippen LogP contribution in [0.5, 0.6) is 11.5 Å². The molecule has 2 aromatic carbocycles.